The summed E-state index contributed by atoms with van der Waals surface area (Å²) in [5.41, 5.74) is -0.741. The van der Waals surface area contributed by atoms with E-state index in [-0.39, 0.29) is 5.56 Å². The highest BCUT2D eigenvalue weighted by Gasteiger charge is 2.15. The van der Waals surface area contributed by atoms with Crippen LogP contribution in [0.1, 0.15) is 47.0 Å². The van der Waals surface area contributed by atoms with Crippen LogP contribution in [0.3, 0.4) is 0 Å². The van der Waals surface area contributed by atoms with Crippen molar-refractivity contribution >= 4 is 23.5 Å². The minimum absolute atomic E-state index is 0.301. The average Bonchev–Trinajstić information content (AvgIpc) is 2.37. The number of pyridine rings is 1. The molecule has 0 bridgehead atoms. The van der Waals surface area contributed by atoms with E-state index in [4.69, 9.17) is 21.8 Å². The Morgan fingerprint density at radius 1 is 1.28 bits per heavy atom. The Bertz CT molecular complexity index is 358. The van der Waals surface area contributed by atoms with Crippen molar-refractivity contribution in [3.05, 3.63) is 29.6 Å². The molecule has 0 spiro atoms. The van der Waals surface area contributed by atoms with Crippen LogP contribution >= 0.6 is 11.6 Å². The average molecular weight is 274 g/mol. The predicted octanol–water partition coefficient (Wildman–Crippen LogP) is 2.89. The van der Waals surface area contributed by atoms with E-state index in [2.05, 4.69) is 11.9 Å². The Labute approximate surface area is 110 Å². The van der Waals surface area contributed by atoms with Gasteiger partial charge in [-0.05, 0) is 18.6 Å². The number of hydrogen-bond donors (Lipinski definition) is 2. The molecule has 0 aliphatic heterocycles. The predicted molar refractivity (Wildman–Crippen MR) is 68.4 cm³/mol. The number of hydrogen-bond acceptors (Lipinski definition) is 3. The molecule has 1 aromatic heterocycles. The summed E-state index contributed by atoms with van der Waals surface area (Å²) in [5.74, 6) is -1.80. The van der Waals surface area contributed by atoms with Crippen molar-refractivity contribution < 1.29 is 19.8 Å². The Kier molecular flexibility index (Phi) is 8.57. The van der Waals surface area contributed by atoms with Gasteiger partial charge in [0, 0.05) is 12.1 Å². The number of alkyl halides is 1. The number of aromatic carboxylic acids is 2. The first-order valence-corrected chi connectivity index (χ1v) is 6.05. The smallest absolute Gasteiger partial charge is 0.355 e. The summed E-state index contributed by atoms with van der Waals surface area (Å²) in [4.78, 5) is 24.2. The summed E-state index contributed by atoms with van der Waals surface area (Å²) >= 11 is 5.38. The number of unbranched alkanes of at least 4 members (excludes halogenated alkanes) is 2. The van der Waals surface area contributed by atoms with Gasteiger partial charge in [-0.3, -0.25) is 0 Å². The van der Waals surface area contributed by atoms with Gasteiger partial charge >= 0.3 is 11.9 Å². The maximum atomic E-state index is 10.4. The van der Waals surface area contributed by atoms with Crippen LogP contribution in [-0.4, -0.2) is 33.0 Å². The molecule has 0 aliphatic carbocycles. The fourth-order valence-electron chi connectivity index (χ4n) is 1.09. The molecule has 1 rings (SSSR count). The van der Waals surface area contributed by atoms with E-state index in [1.165, 1.54) is 37.6 Å². The molecule has 0 amide bonds. The summed E-state index contributed by atoms with van der Waals surface area (Å²) < 4.78 is 0. The summed E-state index contributed by atoms with van der Waals surface area (Å²) in [6.07, 6.45) is 4.96. The van der Waals surface area contributed by atoms with Crippen molar-refractivity contribution in [1.29, 1.82) is 0 Å². The lowest BCUT2D eigenvalue weighted by Gasteiger charge is -1.97. The molecule has 0 aromatic carbocycles. The molecule has 0 saturated heterocycles. The number of carbonyl (C=O) groups is 2. The maximum absolute atomic E-state index is 10.4. The van der Waals surface area contributed by atoms with E-state index in [0.717, 1.165) is 5.88 Å². The number of aromatic nitrogens is 1. The molecule has 0 radical (unpaired) electrons. The fourth-order valence-corrected chi connectivity index (χ4v) is 1.28. The van der Waals surface area contributed by atoms with Gasteiger partial charge in [-0.25, -0.2) is 14.6 Å². The number of nitrogens with zero attached hydrogens (tertiary/aromatic N) is 1. The van der Waals surface area contributed by atoms with Crippen LogP contribution in [0.15, 0.2) is 18.3 Å². The number of carboxylic acids is 2. The molecule has 0 fully saturated rings. The summed E-state index contributed by atoms with van der Waals surface area (Å²) in [7, 11) is 0. The van der Waals surface area contributed by atoms with E-state index in [1.54, 1.807) is 0 Å². The molecule has 0 aliphatic rings. The second-order valence-corrected chi connectivity index (χ2v) is 3.78. The first kappa shape index (κ1) is 16.4. The Morgan fingerprint density at radius 2 is 1.94 bits per heavy atom. The first-order valence-electron chi connectivity index (χ1n) is 5.52. The lowest BCUT2D eigenvalue weighted by molar-refractivity contribution is 0.0646. The van der Waals surface area contributed by atoms with Gasteiger partial charge in [-0.15, -0.1) is 11.6 Å². The van der Waals surface area contributed by atoms with Gasteiger partial charge in [-0.2, -0.15) is 0 Å². The van der Waals surface area contributed by atoms with Crippen LogP contribution in [0.4, 0.5) is 0 Å². The summed E-state index contributed by atoms with van der Waals surface area (Å²) in [6.45, 7) is 2.17. The lowest BCUT2D eigenvalue weighted by Crippen LogP contribution is -2.09. The molecular weight excluding hydrogens is 258 g/mol. The van der Waals surface area contributed by atoms with Crippen LogP contribution in [0, 0.1) is 0 Å². The summed E-state index contributed by atoms with van der Waals surface area (Å²) in [5, 5.41) is 17.0. The van der Waals surface area contributed by atoms with E-state index >= 15 is 0 Å². The largest absolute Gasteiger partial charge is 0.478 e. The highest BCUT2D eigenvalue weighted by molar-refractivity contribution is 6.17. The zero-order chi connectivity index (χ0) is 14.0. The van der Waals surface area contributed by atoms with Crippen molar-refractivity contribution in [1.82, 2.24) is 4.98 Å². The fraction of sp³-hybridized carbons (Fsp3) is 0.417. The SMILES string of the molecule is CCCCCCl.O=C(O)c1cccnc1C(=O)O. The molecule has 1 heterocycles. The van der Waals surface area contributed by atoms with Gasteiger partial charge in [0.25, 0.3) is 0 Å². The van der Waals surface area contributed by atoms with Crippen LogP contribution in [0.25, 0.3) is 0 Å². The van der Waals surface area contributed by atoms with Gasteiger partial charge in [0.15, 0.2) is 5.69 Å². The monoisotopic (exact) mass is 273 g/mol. The molecule has 100 valence electrons. The molecule has 0 atom stereocenters. The van der Waals surface area contributed by atoms with E-state index < -0.39 is 17.6 Å². The lowest BCUT2D eigenvalue weighted by atomic mass is 10.2. The molecule has 1 aromatic rings. The molecule has 6 heteroatoms. The molecule has 5 nitrogen and oxygen atoms in total. The normalized spacial score (nSPS) is 9.22. The van der Waals surface area contributed by atoms with Crippen molar-refractivity contribution in [2.45, 2.75) is 26.2 Å². The number of carboxylic acid groups (broad SMARTS) is 2. The molecule has 18 heavy (non-hydrogen) atoms. The van der Waals surface area contributed by atoms with Crippen molar-refractivity contribution in [2.24, 2.45) is 0 Å². The minimum Gasteiger partial charge on any atom is -0.478 e. The van der Waals surface area contributed by atoms with Crippen molar-refractivity contribution in [3.63, 3.8) is 0 Å². The van der Waals surface area contributed by atoms with Gasteiger partial charge in [0.2, 0.25) is 0 Å². The van der Waals surface area contributed by atoms with Crippen LogP contribution in [0.2, 0.25) is 0 Å². The maximum Gasteiger partial charge on any atom is 0.355 e. The van der Waals surface area contributed by atoms with Crippen LogP contribution in [0.5, 0.6) is 0 Å². The standard InChI is InChI=1S/C7H5NO4.C5H11Cl/c9-6(10)4-2-1-3-8-5(4)7(11)12;1-2-3-4-5-6/h1-3H,(H,9,10)(H,11,12);2-5H2,1H3. The van der Waals surface area contributed by atoms with Crippen molar-refractivity contribution in [2.75, 3.05) is 5.88 Å². The highest BCUT2D eigenvalue weighted by atomic mass is 35.5. The zero-order valence-electron chi connectivity index (χ0n) is 10.1. The Balaban J connectivity index is 0.000000411. The van der Waals surface area contributed by atoms with Crippen molar-refractivity contribution in [3.8, 4) is 0 Å². The van der Waals surface area contributed by atoms with E-state index in [9.17, 15) is 9.59 Å². The second kappa shape index (κ2) is 9.41. The number of rotatable bonds is 5. The van der Waals surface area contributed by atoms with E-state index in [0.29, 0.717) is 0 Å². The van der Waals surface area contributed by atoms with Crippen LogP contribution in [-0.2, 0) is 0 Å². The molecule has 2 N–H and O–H groups in total. The second-order valence-electron chi connectivity index (χ2n) is 3.41. The Hall–Kier alpha value is -1.62. The van der Waals surface area contributed by atoms with Gasteiger partial charge < -0.3 is 10.2 Å². The van der Waals surface area contributed by atoms with E-state index in [1.807, 2.05) is 0 Å². The third-order valence-corrected chi connectivity index (χ3v) is 2.25. The molecule has 0 unspecified atom stereocenters. The molecular formula is C12H16ClNO4. The van der Waals surface area contributed by atoms with Gasteiger partial charge in [0.1, 0.15) is 0 Å². The molecule has 0 saturated carbocycles. The first-order chi connectivity index (χ1) is 8.54. The minimum atomic E-state index is -1.34. The highest BCUT2D eigenvalue weighted by Crippen LogP contribution is 2.04. The quantitative estimate of drug-likeness (QED) is 0.636. The third kappa shape index (κ3) is 6.20. The number of halogens is 1. The zero-order valence-corrected chi connectivity index (χ0v) is 10.9. The summed E-state index contributed by atoms with van der Waals surface area (Å²) in [6, 6.07) is 2.56. The van der Waals surface area contributed by atoms with Crippen LogP contribution < -0.4 is 0 Å². The Morgan fingerprint density at radius 3 is 2.28 bits per heavy atom. The third-order valence-electron chi connectivity index (χ3n) is 1.98. The van der Waals surface area contributed by atoms with Gasteiger partial charge in [-0.1, -0.05) is 19.8 Å². The van der Waals surface area contributed by atoms with Gasteiger partial charge in [0.05, 0.1) is 5.56 Å². The topological polar surface area (TPSA) is 87.5 Å².